The lowest BCUT2D eigenvalue weighted by Crippen LogP contribution is -2.16. The molecule has 2 aromatic carbocycles. The number of carbonyl (C=O) groups excluding carboxylic acids is 1. The average Bonchev–Trinajstić information content (AvgIpc) is 2.90. The van der Waals surface area contributed by atoms with Gasteiger partial charge in [-0.1, -0.05) is 35.9 Å². The molecule has 4 nitrogen and oxygen atoms in total. The van der Waals surface area contributed by atoms with Crippen LogP contribution >= 0.6 is 11.6 Å². The van der Waals surface area contributed by atoms with Gasteiger partial charge >= 0.3 is 0 Å². The van der Waals surface area contributed by atoms with Crippen molar-refractivity contribution in [3.05, 3.63) is 74.3 Å². The number of carbonyl (C=O) groups is 1. The number of nitro benzene ring substituents is 1. The Hall–Kier alpha value is -2.20. The molecule has 0 bridgehead atoms. The Morgan fingerprint density at radius 3 is 2.33 bits per heavy atom. The van der Waals surface area contributed by atoms with E-state index in [0.29, 0.717) is 12.8 Å². The van der Waals surface area contributed by atoms with Crippen LogP contribution in [0.25, 0.3) is 0 Å². The van der Waals surface area contributed by atoms with E-state index >= 15 is 0 Å². The molecular weight excluding hydrogens is 290 g/mol. The number of hydrogen-bond donors (Lipinski definition) is 0. The number of nitrogens with zero attached hydrogens (tertiary/aromatic N) is 1. The molecule has 0 N–H and O–H groups in total. The summed E-state index contributed by atoms with van der Waals surface area (Å²) in [5.74, 6) is -0.420. The Morgan fingerprint density at radius 1 is 1.14 bits per heavy atom. The van der Waals surface area contributed by atoms with Gasteiger partial charge in [-0.05, 0) is 36.1 Å². The molecule has 106 valence electrons. The summed E-state index contributed by atoms with van der Waals surface area (Å²) >= 11 is 5.78. The van der Waals surface area contributed by atoms with E-state index in [2.05, 4.69) is 0 Å². The van der Waals surface area contributed by atoms with Crippen molar-refractivity contribution in [3.63, 3.8) is 0 Å². The smallest absolute Gasteiger partial charge is 0.281 e. The minimum Gasteiger partial charge on any atom is -0.294 e. The minimum absolute atomic E-state index is 0.141. The summed E-state index contributed by atoms with van der Waals surface area (Å²) in [6.07, 6.45) is 1.27. The van der Waals surface area contributed by atoms with Gasteiger partial charge in [0.05, 0.1) is 10.5 Å². The number of ketones is 1. The van der Waals surface area contributed by atoms with Crippen molar-refractivity contribution >= 4 is 23.1 Å². The number of benzene rings is 2. The Balaban J connectivity index is 1.93. The van der Waals surface area contributed by atoms with Crippen LogP contribution in [0.5, 0.6) is 0 Å². The molecule has 0 spiro atoms. The zero-order chi connectivity index (χ0) is 15.0. The van der Waals surface area contributed by atoms with E-state index in [0.717, 1.165) is 11.1 Å². The SMILES string of the molecule is O=C(c1ccc(Cl)cc1[N+](=O)[O-])C1Cc2ccccc2C1. The zero-order valence-electron chi connectivity index (χ0n) is 11.1. The van der Waals surface area contributed by atoms with E-state index in [4.69, 9.17) is 11.6 Å². The third kappa shape index (κ3) is 2.54. The highest BCUT2D eigenvalue weighted by molar-refractivity contribution is 6.31. The molecule has 0 fully saturated rings. The van der Waals surface area contributed by atoms with Crippen molar-refractivity contribution in [1.29, 1.82) is 0 Å². The maximum absolute atomic E-state index is 12.6. The summed E-state index contributed by atoms with van der Waals surface area (Å²) in [6, 6.07) is 12.1. The van der Waals surface area contributed by atoms with E-state index in [1.165, 1.54) is 18.2 Å². The van der Waals surface area contributed by atoms with Crippen LogP contribution in [0.4, 0.5) is 5.69 Å². The molecule has 0 heterocycles. The molecule has 3 rings (SSSR count). The molecule has 2 aromatic rings. The fraction of sp³-hybridized carbons (Fsp3) is 0.188. The Labute approximate surface area is 126 Å². The average molecular weight is 302 g/mol. The van der Waals surface area contributed by atoms with Gasteiger partial charge in [-0.15, -0.1) is 0 Å². The van der Waals surface area contributed by atoms with Crippen molar-refractivity contribution in [1.82, 2.24) is 0 Å². The Morgan fingerprint density at radius 2 is 1.76 bits per heavy atom. The van der Waals surface area contributed by atoms with Crippen molar-refractivity contribution in [2.45, 2.75) is 12.8 Å². The molecule has 0 aromatic heterocycles. The largest absolute Gasteiger partial charge is 0.294 e. The van der Waals surface area contributed by atoms with Crippen LogP contribution in [0.2, 0.25) is 5.02 Å². The molecule has 0 amide bonds. The van der Waals surface area contributed by atoms with Crippen LogP contribution in [0, 0.1) is 16.0 Å². The van der Waals surface area contributed by atoms with Gasteiger partial charge in [0.15, 0.2) is 5.78 Å². The van der Waals surface area contributed by atoms with Gasteiger partial charge in [-0.3, -0.25) is 14.9 Å². The van der Waals surface area contributed by atoms with Crippen LogP contribution < -0.4 is 0 Å². The Bertz CT molecular complexity index is 717. The first-order valence-corrected chi connectivity index (χ1v) is 6.99. The summed E-state index contributed by atoms with van der Waals surface area (Å²) in [5, 5.41) is 11.4. The number of nitro groups is 1. The summed E-state index contributed by atoms with van der Waals surface area (Å²) in [4.78, 5) is 23.2. The molecule has 0 saturated heterocycles. The second kappa shape index (κ2) is 5.30. The van der Waals surface area contributed by atoms with Gasteiger partial charge in [-0.25, -0.2) is 0 Å². The lowest BCUT2D eigenvalue weighted by atomic mass is 9.94. The Kier molecular flexibility index (Phi) is 3.47. The van der Waals surface area contributed by atoms with Gasteiger partial charge in [0.2, 0.25) is 0 Å². The fourth-order valence-electron chi connectivity index (χ4n) is 2.83. The van der Waals surface area contributed by atoms with Crippen molar-refractivity contribution in [2.24, 2.45) is 5.92 Å². The van der Waals surface area contributed by atoms with Gasteiger partial charge < -0.3 is 0 Å². The summed E-state index contributed by atoms with van der Waals surface area (Å²) in [5.41, 5.74) is 2.21. The van der Waals surface area contributed by atoms with Crippen molar-refractivity contribution < 1.29 is 9.72 Å². The second-order valence-electron chi connectivity index (χ2n) is 5.16. The number of halogens is 1. The molecule has 21 heavy (non-hydrogen) atoms. The predicted molar refractivity (Wildman–Crippen MR) is 79.8 cm³/mol. The van der Waals surface area contributed by atoms with E-state index in [9.17, 15) is 14.9 Å². The standard InChI is InChI=1S/C16H12ClNO3/c17-13-5-6-14(15(9-13)18(20)21)16(19)12-7-10-3-1-2-4-11(10)8-12/h1-6,9,12H,7-8H2. The van der Waals surface area contributed by atoms with Crippen LogP contribution in [0.3, 0.4) is 0 Å². The maximum atomic E-state index is 12.6. The van der Waals surface area contributed by atoms with Crippen LogP contribution in [-0.4, -0.2) is 10.7 Å². The lowest BCUT2D eigenvalue weighted by molar-refractivity contribution is -0.385. The second-order valence-corrected chi connectivity index (χ2v) is 5.59. The summed E-state index contributed by atoms with van der Waals surface area (Å²) in [7, 11) is 0. The maximum Gasteiger partial charge on any atom is 0.281 e. The van der Waals surface area contributed by atoms with E-state index in [1.54, 1.807) is 0 Å². The van der Waals surface area contributed by atoms with E-state index in [1.807, 2.05) is 24.3 Å². The fourth-order valence-corrected chi connectivity index (χ4v) is 2.99. The molecule has 0 atom stereocenters. The van der Waals surface area contributed by atoms with Crippen molar-refractivity contribution in [2.75, 3.05) is 0 Å². The quantitative estimate of drug-likeness (QED) is 0.491. The van der Waals surface area contributed by atoms with Gasteiger partial charge in [0.1, 0.15) is 0 Å². The zero-order valence-corrected chi connectivity index (χ0v) is 11.8. The highest BCUT2D eigenvalue weighted by atomic mass is 35.5. The lowest BCUT2D eigenvalue weighted by Gasteiger charge is -2.08. The first kappa shape index (κ1) is 13.8. The number of rotatable bonds is 3. The monoisotopic (exact) mass is 301 g/mol. The molecular formula is C16H12ClNO3. The first-order chi connectivity index (χ1) is 10.1. The number of Topliss-reactive ketones (excluding diaryl/α,β-unsaturated/α-hetero) is 1. The third-order valence-electron chi connectivity index (χ3n) is 3.84. The molecule has 1 aliphatic carbocycles. The topological polar surface area (TPSA) is 60.2 Å². The summed E-state index contributed by atoms with van der Waals surface area (Å²) in [6.45, 7) is 0. The molecule has 0 saturated carbocycles. The molecule has 5 heteroatoms. The molecule has 1 aliphatic rings. The van der Waals surface area contributed by atoms with Gasteiger partial charge in [0.25, 0.3) is 5.69 Å². The van der Waals surface area contributed by atoms with Crippen LogP contribution in [0.15, 0.2) is 42.5 Å². The van der Waals surface area contributed by atoms with Crippen LogP contribution in [0.1, 0.15) is 21.5 Å². The van der Waals surface area contributed by atoms with E-state index < -0.39 is 4.92 Å². The molecule has 0 radical (unpaired) electrons. The molecule has 0 unspecified atom stereocenters. The number of hydrogen-bond acceptors (Lipinski definition) is 3. The first-order valence-electron chi connectivity index (χ1n) is 6.61. The number of fused-ring (bicyclic) bond motifs is 1. The highest BCUT2D eigenvalue weighted by Crippen LogP contribution is 2.32. The van der Waals surface area contributed by atoms with Crippen molar-refractivity contribution in [3.8, 4) is 0 Å². The third-order valence-corrected chi connectivity index (χ3v) is 4.08. The normalized spacial score (nSPS) is 14.0. The van der Waals surface area contributed by atoms with Gasteiger partial charge in [0, 0.05) is 17.0 Å². The van der Waals surface area contributed by atoms with Crippen LogP contribution in [-0.2, 0) is 12.8 Å². The summed E-state index contributed by atoms with van der Waals surface area (Å²) < 4.78 is 0. The minimum atomic E-state index is -0.554. The predicted octanol–water partition coefficient (Wildman–Crippen LogP) is 3.85. The van der Waals surface area contributed by atoms with Gasteiger partial charge in [-0.2, -0.15) is 0 Å². The van der Waals surface area contributed by atoms with E-state index in [-0.39, 0.29) is 28.0 Å². The molecule has 0 aliphatic heterocycles. The highest BCUT2D eigenvalue weighted by Gasteiger charge is 2.31.